The Labute approximate surface area is 134 Å². The van der Waals surface area contributed by atoms with Crippen LogP contribution in [-0.2, 0) is 12.8 Å². The third kappa shape index (κ3) is 4.73. The van der Waals surface area contributed by atoms with E-state index in [1.54, 1.807) is 0 Å². The lowest BCUT2D eigenvalue weighted by Crippen LogP contribution is -1.92. The molecule has 0 unspecified atom stereocenters. The zero-order valence-electron chi connectivity index (χ0n) is 13.9. The number of hydrogen-bond donors (Lipinski definition) is 0. The van der Waals surface area contributed by atoms with Gasteiger partial charge in [0, 0.05) is 0 Å². The maximum atomic E-state index is 2.24. The number of aryl methyl sites for hydroxylation is 1. The van der Waals surface area contributed by atoms with Crippen LogP contribution in [0.15, 0.2) is 72.8 Å². The molecule has 3 aromatic carbocycles. The SMILES string of the molecule is CC(C)Cc1ccccc1.CCc1cccc2ccccc12. The average molecular weight is 290 g/mol. The van der Waals surface area contributed by atoms with Crippen LogP contribution in [0.3, 0.4) is 0 Å². The van der Waals surface area contributed by atoms with Crippen molar-refractivity contribution in [1.82, 2.24) is 0 Å². The van der Waals surface area contributed by atoms with Gasteiger partial charge >= 0.3 is 0 Å². The van der Waals surface area contributed by atoms with Crippen LogP contribution in [0.25, 0.3) is 10.8 Å². The van der Waals surface area contributed by atoms with Gasteiger partial charge in [0.25, 0.3) is 0 Å². The molecule has 0 amide bonds. The Morgan fingerprint density at radius 2 is 1.36 bits per heavy atom. The lowest BCUT2D eigenvalue weighted by atomic mass is 10.0. The minimum Gasteiger partial charge on any atom is -0.0625 e. The topological polar surface area (TPSA) is 0 Å². The molecular weight excluding hydrogens is 264 g/mol. The zero-order chi connectivity index (χ0) is 15.8. The molecule has 0 heteroatoms. The van der Waals surface area contributed by atoms with E-state index in [-0.39, 0.29) is 0 Å². The van der Waals surface area contributed by atoms with Gasteiger partial charge in [-0.05, 0) is 40.7 Å². The number of fused-ring (bicyclic) bond motifs is 1. The Morgan fingerprint density at radius 1 is 0.727 bits per heavy atom. The second-order valence-electron chi connectivity index (χ2n) is 6.08. The number of benzene rings is 3. The molecule has 0 bridgehead atoms. The van der Waals surface area contributed by atoms with Crippen molar-refractivity contribution in [3.63, 3.8) is 0 Å². The second-order valence-corrected chi connectivity index (χ2v) is 6.08. The smallest absolute Gasteiger partial charge is 0.0152 e. The second kappa shape index (κ2) is 8.38. The molecule has 0 nitrogen and oxygen atoms in total. The quantitative estimate of drug-likeness (QED) is 0.532. The van der Waals surface area contributed by atoms with E-state index >= 15 is 0 Å². The van der Waals surface area contributed by atoms with Gasteiger partial charge in [-0.25, -0.2) is 0 Å². The van der Waals surface area contributed by atoms with E-state index in [9.17, 15) is 0 Å². The molecule has 0 N–H and O–H groups in total. The predicted molar refractivity (Wildman–Crippen MR) is 98.3 cm³/mol. The van der Waals surface area contributed by atoms with Crippen molar-refractivity contribution in [2.45, 2.75) is 33.6 Å². The monoisotopic (exact) mass is 290 g/mol. The van der Waals surface area contributed by atoms with E-state index in [1.807, 2.05) is 0 Å². The first-order chi connectivity index (χ1) is 10.7. The summed E-state index contributed by atoms with van der Waals surface area (Å²) in [6.07, 6.45) is 2.31. The lowest BCUT2D eigenvalue weighted by molar-refractivity contribution is 0.647. The molecule has 0 atom stereocenters. The van der Waals surface area contributed by atoms with E-state index < -0.39 is 0 Å². The van der Waals surface area contributed by atoms with Gasteiger partial charge in [-0.15, -0.1) is 0 Å². The van der Waals surface area contributed by atoms with E-state index in [4.69, 9.17) is 0 Å². The highest BCUT2D eigenvalue weighted by Crippen LogP contribution is 2.18. The molecular formula is C22H26. The van der Waals surface area contributed by atoms with Crippen molar-refractivity contribution in [2.75, 3.05) is 0 Å². The van der Waals surface area contributed by atoms with Gasteiger partial charge in [0.1, 0.15) is 0 Å². The molecule has 22 heavy (non-hydrogen) atoms. The minimum atomic E-state index is 0.766. The van der Waals surface area contributed by atoms with Crippen molar-refractivity contribution in [1.29, 1.82) is 0 Å². The third-order valence-electron chi connectivity index (χ3n) is 3.75. The Kier molecular flexibility index (Phi) is 6.21. The fourth-order valence-corrected chi connectivity index (χ4v) is 2.69. The van der Waals surface area contributed by atoms with Crippen molar-refractivity contribution in [3.8, 4) is 0 Å². The van der Waals surface area contributed by atoms with Gasteiger partial charge < -0.3 is 0 Å². The summed E-state index contributed by atoms with van der Waals surface area (Å²) in [4.78, 5) is 0. The Balaban J connectivity index is 0.000000164. The fraction of sp³-hybridized carbons (Fsp3) is 0.273. The molecule has 0 saturated heterocycles. The van der Waals surface area contributed by atoms with Crippen LogP contribution in [0.5, 0.6) is 0 Å². The van der Waals surface area contributed by atoms with E-state index in [0.717, 1.165) is 12.3 Å². The molecule has 0 aromatic heterocycles. The van der Waals surface area contributed by atoms with Crippen molar-refractivity contribution in [2.24, 2.45) is 5.92 Å². The summed E-state index contributed by atoms with van der Waals surface area (Å²) in [5, 5.41) is 2.74. The third-order valence-corrected chi connectivity index (χ3v) is 3.75. The van der Waals surface area contributed by atoms with E-state index in [1.165, 1.54) is 28.3 Å². The van der Waals surface area contributed by atoms with Crippen LogP contribution in [0.2, 0.25) is 0 Å². The molecule has 114 valence electrons. The average Bonchev–Trinajstić information content (AvgIpc) is 2.55. The molecule has 0 saturated carbocycles. The Bertz CT molecular complexity index is 675. The van der Waals surface area contributed by atoms with Crippen molar-refractivity contribution >= 4 is 10.8 Å². The normalized spacial score (nSPS) is 10.4. The standard InChI is InChI=1S/C12H12.C10H14/c1-2-10-7-5-8-11-6-3-4-9-12(10)11;1-9(2)8-10-6-4-3-5-7-10/h3-9H,2H2,1H3;3-7,9H,8H2,1-2H3. The van der Waals surface area contributed by atoms with Gasteiger partial charge in [0.05, 0.1) is 0 Å². The summed E-state index contributed by atoms with van der Waals surface area (Å²) in [6.45, 7) is 6.68. The maximum Gasteiger partial charge on any atom is -0.0152 e. The maximum absolute atomic E-state index is 2.24. The van der Waals surface area contributed by atoms with Gasteiger partial charge in [-0.2, -0.15) is 0 Å². The first-order valence-electron chi connectivity index (χ1n) is 8.21. The van der Waals surface area contributed by atoms with Crippen LogP contribution in [0.1, 0.15) is 31.9 Å². The summed E-state index contributed by atoms with van der Waals surface area (Å²) in [5.74, 6) is 0.766. The lowest BCUT2D eigenvalue weighted by Gasteiger charge is -2.02. The first-order valence-corrected chi connectivity index (χ1v) is 8.21. The molecule has 0 spiro atoms. The molecule has 0 fully saturated rings. The summed E-state index contributed by atoms with van der Waals surface area (Å²) < 4.78 is 0. The summed E-state index contributed by atoms with van der Waals surface area (Å²) >= 11 is 0. The molecule has 0 aliphatic heterocycles. The summed E-state index contributed by atoms with van der Waals surface area (Å²) in [6, 6.07) is 25.6. The summed E-state index contributed by atoms with van der Waals surface area (Å²) in [7, 11) is 0. The van der Waals surface area contributed by atoms with Crippen molar-refractivity contribution in [3.05, 3.63) is 83.9 Å². The number of rotatable bonds is 3. The van der Waals surface area contributed by atoms with E-state index in [0.29, 0.717) is 0 Å². The molecule has 0 aliphatic carbocycles. The molecule has 0 radical (unpaired) electrons. The molecule has 0 heterocycles. The van der Waals surface area contributed by atoms with Crippen LogP contribution < -0.4 is 0 Å². The van der Waals surface area contributed by atoms with Crippen LogP contribution in [0.4, 0.5) is 0 Å². The van der Waals surface area contributed by atoms with Crippen LogP contribution in [0, 0.1) is 5.92 Å². The predicted octanol–water partition coefficient (Wildman–Crippen LogP) is 6.29. The molecule has 3 aromatic rings. The van der Waals surface area contributed by atoms with Crippen LogP contribution in [-0.4, -0.2) is 0 Å². The highest BCUT2D eigenvalue weighted by atomic mass is 14.0. The number of hydrogen-bond acceptors (Lipinski definition) is 0. The summed E-state index contributed by atoms with van der Waals surface area (Å²) in [5.41, 5.74) is 2.88. The fourth-order valence-electron chi connectivity index (χ4n) is 2.69. The van der Waals surface area contributed by atoms with Gasteiger partial charge in [0.15, 0.2) is 0 Å². The van der Waals surface area contributed by atoms with Gasteiger partial charge in [0.2, 0.25) is 0 Å². The Hall–Kier alpha value is -2.08. The molecule has 0 aliphatic rings. The zero-order valence-corrected chi connectivity index (χ0v) is 13.9. The first kappa shape index (κ1) is 16.3. The van der Waals surface area contributed by atoms with Crippen LogP contribution >= 0.6 is 0 Å². The largest absolute Gasteiger partial charge is 0.0625 e. The van der Waals surface area contributed by atoms with E-state index in [2.05, 4.69) is 93.6 Å². The highest BCUT2D eigenvalue weighted by Gasteiger charge is 1.95. The minimum absolute atomic E-state index is 0.766. The van der Waals surface area contributed by atoms with Gasteiger partial charge in [-0.3, -0.25) is 0 Å². The Morgan fingerprint density at radius 3 is 2.05 bits per heavy atom. The van der Waals surface area contributed by atoms with Gasteiger partial charge in [-0.1, -0.05) is 93.6 Å². The highest BCUT2D eigenvalue weighted by molar-refractivity contribution is 5.85. The molecule has 3 rings (SSSR count). The van der Waals surface area contributed by atoms with Crippen molar-refractivity contribution < 1.29 is 0 Å².